The summed E-state index contributed by atoms with van der Waals surface area (Å²) in [4.78, 5) is 29.3. The molecule has 2 heterocycles. The maximum Gasteiger partial charge on any atom is 0.416 e. The summed E-state index contributed by atoms with van der Waals surface area (Å²) in [6.45, 7) is 0.877. The second kappa shape index (κ2) is 7.09. The molecule has 1 saturated heterocycles. The van der Waals surface area contributed by atoms with Crippen LogP contribution >= 0.6 is 0 Å². The van der Waals surface area contributed by atoms with Gasteiger partial charge in [-0.15, -0.1) is 0 Å². The van der Waals surface area contributed by atoms with Crippen molar-refractivity contribution in [3.63, 3.8) is 0 Å². The highest BCUT2D eigenvalue weighted by molar-refractivity contribution is 5.81. The average molecular weight is 383 g/mol. The lowest BCUT2D eigenvalue weighted by Gasteiger charge is -2.30. The molecule has 1 aliphatic heterocycles. The number of urea groups is 1. The topological polar surface area (TPSA) is 93.3 Å². The molecule has 3 rings (SSSR count). The number of primary amides is 1. The molecule has 3 amide bonds. The van der Waals surface area contributed by atoms with Crippen LogP contribution in [0.2, 0.25) is 0 Å². The Morgan fingerprint density at radius 3 is 2.78 bits per heavy atom. The Hall–Kier alpha value is -2.78. The summed E-state index contributed by atoms with van der Waals surface area (Å²) >= 11 is 0. The Morgan fingerprint density at radius 2 is 2.11 bits per heavy atom. The van der Waals surface area contributed by atoms with Crippen LogP contribution in [0.15, 0.2) is 18.2 Å². The summed E-state index contributed by atoms with van der Waals surface area (Å²) in [5.41, 5.74) is 5.26. The molecule has 0 spiro atoms. The zero-order chi connectivity index (χ0) is 19.8. The van der Waals surface area contributed by atoms with Crippen molar-refractivity contribution in [1.82, 2.24) is 19.8 Å². The van der Waals surface area contributed by atoms with Crippen LogP contribution in [0.5, 0.6) is 0 Å². The predicted octanol–water partition coefficient (Wildman–Crippen LogP) is 2.00. The maximum atomic E-state index is 12.8. The summed E-state index contributed by atoms with van der Waals surface area (Å²) in [6, 6.07) is 2.81. The van der Waals surface area contributed by atoms with Gasteiger partial charge < -0.3 is 20.5 Å². The fourth-order valence-corrected chi connectivity index (χ4v) is 3.29. The van der Waals surface area contributed by atoms with Gasteiger partial charge in [0, 0.05) is 20.1 Å². The predicted molar refractivity (Wildman–Crippen MR) is 91.4 cm³/mol. The number of piperidine rings is 1. The van der Waals surface area contributed by atoms with Gasteiger partial charge in [0.25, 0.3) is 0 Å². The van der Waals surface area contributed by atoms with Crippen LogP contribution in [0.4, 0.5) is 18.0 Å². The smallest absolute Gasteiger partial charge is 0.351 e. The number of fused-ring (bicyclic) bond motifs is 1. The van der Waals surface area contributed by atoms with E-state index in [1.807, 2.05) is 0 Å². The lowest BCUT2D eigenvalue weighted by molar-refractivity contribution is -0.137. The number of nitrogens with two attached hydrogens (primary N) is 1. The highest BCUT2D eigenvalue weighted by atomic mass is 19.4. The lowest BCUT2D eigenvalue weighted by atomic mass is 9.97. The number of halogens is 3. The first-order chi connectivity index (χ1) is 12.7. The van der Waals surface area contributed by atoms with Crippen LogP contribution in [0.25, 0.3) is 11.0 Å². The Kier molecular flexibility index (Phi) is 4.99. The Morgan fingerprint density at radius 1 is 1.37 bits per heavy atom. The van der Waals surface area contributed by atoms with Crippen molar-refractivity contribution in [3.8, 4) is 0 Å². The average Bonchev–Trinajstić information content (AvgIpc) is 2.94. The van der Waals surface area contributed by atoms with Gasteiger partial charge in [-0.25, -0.2) is 9.78 Å². The molecule has 2 aromatic rings. The van der Waals surface area contributed by atoms with E-state index in [4.69, 9.17) is 5.73 Å². The van der Waals surface area contributed by atoms with Crippen LogP contribution in [0.3, 0.4) is 0 Å². The number of imidazole rings is 1. The zero-order valence-electron chi connectivity index (χ0n) is 14.7. The normalized spacial score (nSPS) is 17.9. The number of hydrogen-bond donors (Lipinski definition) is 2. The van der Waals surface area contributed by atoms with Gasteiger partial charge in [-0.1, -0.05) is 0 Å². The Labute approximate surface area is 153 Å². The van der Waals surface area contributed by atoms with Crippen LogP contribution in [-0.4, -0.2) is 39.5 Å². The van der Waals surface area contributed by atoms with E-state index < -0.39 is 17.8 Å². The minimum atomic E-state index is -4.44. The molecule has 1 atom stereocenters. The number of carbonyl (C=O) groups excluding carboxylic acids is 2. The quantitative estimate of drug-likeness (QED) is 0.849. The van der Waals surface area contributed by atoms with Crippen LogP contribution in [0, 0.1) is 5.92 Å². The monoisotopic (exact) mass is 383 g/mol. The fraction of sp³-hybridized carbons (Fsp3) is 0.471. The number of amides is 3. The van der Waals surface area contributed by atoms with Crippen molar-refractivity contribution in [2.75, 3.05) is 13.1 Å². The molecule has 0 radical (unpaired) electrons. The summed E-state index contributed by atoms with van der Waals surface area (Å²) in [5, 5.41) is 2.75. The molecule has 0 bridgehead atoms. The van der Waals surface area contributed by atoms with Gasteiger partial charge in [-0.05, 0) is 31.0 Å². The molecular weight excluding hydrogens is 363 g/mol. The first-order valence-electron chi connectivity index (χ1n) is 8.51. The number of hydrogen-bond acceptors (Lipinski definition) is 3. The van der Waals surface area contributed by atoms with E-state index in [0.717, 1.165) is 12.1 Å². The van der Waals surface area contributed by atoms with E-state index in [-0.39, 0.29) is 30.4 Å². The first-order valence-corrected chi connectivity index (χ1v) is 8.51. The second-order valence-electron chi connectivity index (χ2n) is 6.63. The lowest BCUT2D eigenvalue weighted by Crippen LogP contribution is -2.47. The molecule has 146 valence electrons. The van der Waals surface area contributed by atoms with Crippen molar-refractivity contribution in [2.45, 2.75) is 25.6 Å². The molecule has 10 heteroatoms. The van der Waals surface area contributed by atoms with E-state index in [0.29, 0.717) is 30.7 Å². The number of nitrogens with one attached hydrogen (secondary N) is 1. The van der Waals surface area contributed by atoms with E-state index >= 15 is 0 Å². The van der Waals surface area contributed by atoms with Crippen LogP contribution in [0.1, 0.15) is 24.2 Å². The van der Waals surface area contributed by atoms with E-state index in [1.54, 1.807) is 11.6 Å². The molecule has 0 aliphatic carbocycles. The third-order valence-corrected chi connectivity index (χ3v) is 4.83. The number of carbonyl (C=O) groups is 2. The van der Waals surface area contributed by atoms with Crippen molar-refractivity contribution in [1.29, 1.82) is 0 Å². The van der Waals surface area contributed by atoms with Gasteiger partial charge in [0.15, 0.2) is 0 Å². The third-order valence-electron chi connectivity index (χ3n) is 4.83. The third kappa shape index (κ3) is 3.99. The minimum absolute atomic E-state index is 0.0818. The van der Waals surface area contributed by atoms with Crippen molar-refractivity contribution >= 4 is 23.0 Å². The molecule has 0 saturated carbocycles. The number of aryl methyl sites for hydroxylation is 1. The van der Waals surface area contributed by atoms with E-state index in [9.17, 15) is 22.8 Å². The number of alkyl halides is 3. The second-order valence-corrected chi connectivity index (χ2v) is 6.63. The van der Waals surface area contributed by atoms with E-state index in [1.165, 1.54) is 11.0 Å². The summed E-state index contributed by atoms with van der Waals surface area (Å²) in [5.74, 6) is -0.151. The molecule has 1 aromatic carbocycles. The van der Waals surface area contributed by atoms with Gasteiger partial charge in [0.05, 0.1) is 29.1 Å². The Balaban J connectivity index is 1.70. The Bertz CT molecular complexity index is 877. The zero-order valence-corrected chi connectivity index (χ0v) is 14.7. The highest BCUT2D eigenvalue weighted by Gasteiger charge is 2.31. The van der Waals surface area contributed by atoms with Gasteiger partial charge in [-0.2, -0.15) is 13.2 Å². The summed E-state index contributed by atoms with van der Waals surface area (Å²) in [7, 11) is 1.68. The number of likely N-dealkylation sites (tertiary alicyclic amines) is 1. The van der Waals surface area contributed by atoms with Crippen LogP contribution in [-0.2, 0) is 24.6 Å². The maximum absolute atomic E-state index is 12.8. The molecular formula is C17H20F3N5O2. The van der Waals surface area contributed by atoms with Gasteiger partial charge in [-0.3, -0.25) is 4.79 Å². The molecule has 1 aliphatic rings. The molecule has 27 heavy (non-hydrogen) atoms. The first kappa shape index (κ1) is 19.0. The largest absolute Gasteiger partial charge is 0.416 e. The molecule has 1 aromatic heterocycles. The van der Waals surface area contributed by atoms with Gasteiger partial charge >= 0.3 is 12.2 Å². The van der Waals surface area contributed by atoms with Crippen molar-refractivity contribution in [3.05, 3.63) is 29.6 Å². The number of nitrogens with zero attached hydrogens (tertiary/aromatic N) is 3. The standard InChI is InChI=1S/C17H20F3N5O2/c1-24-13-5-4-11(17(18,19)20)7-12(13)23-14(24)8-22-15(26)10-3-2-6-25(9-10)16(21)27/h4-5,7,10H,2-3,6,8-9H2,1H3,(H2,21,27)(H,22,26). The van der Waals surface area contributed by atoms with Crippen molar-refractivity contribution in [2.24, 2.45) is 18.7 Å². The van der Waals surface area contributed by atoms with E-state index in [2.05, 4.69) is 10.3 Å². The molecule has 1 unspecified atom stereocenters. The molecule has 7 nitrogen and oxygen atoms in total. The number of benzene rings is 1. The number of rotatable bonds is 3. The highest BCUT2D eigenvalue weighted by Crippen LogP contribution is 2.31. The van der Waals surface area contributed by atoms with Crippen LogP contribution < -0.4 is 11.1 Å². The fourth-order valence-electron chi connectivity index (χ4n) is 3.29. The summed E-state index contributed by atoms with van der Waals surface area (Å²) < 4.78 is 40.2. The minimum Gasteiger partial charge on any atom is -0.351 e. The molecule has 1 fully saturated rings. The SMILES string of the molecule is Cn1c(CNC(=O)C2CCCN(C(N)=O)C2)nc2cc(C(F)(F)F)ccc21. The molecule has 3 N–H and O–H groups in total. The van der Waals surface area contributed by atoms with Gasteiger partial charge in [0.2, 0.25) is 5.91 Å². The number of aromatic nitrogens is 2. The van der Waals surface area contributed by atoms with Crippen molar-refractivity contribution < 1.29 is 22.8 Å². The van der Waals surface area contributed by atoms with Gasteiger partial charge in [0.1, 0.15) is 5.82 Å². The summed E-state index contributed by atoms with van der Waals surface area (Å²) in [6.07, 6.45) is -3.10.